The lowest BCUT2D eigenvalue weighted by Crippen LogP contribution is -2.16. The van der Waals surface area contributed by atoms with Crippen LogP contribution < -0.4 is 9.47 Å². The molecule has 108 valence electrons. The van der Waals surface area contributed by atoms with Gasteiger partial charge >= 0.3 is 6.61 Å². The van der Waals surface area contributed by atoms with E-state index in [-0.39, 0.29) is 12.4 Å². The van der Waals surface area contributed by atoms with Crippen LogP contribution in [0, 0.1) is 0 Å². The molecule has 1 aliphatic rings. The third-order valence-corrected chi connectivity index (χ3v) is 3.57. The number of para-hydroxylation sites is 1. The van der Waals surface area contributed by atoms with Gasteiger partial charge in [0.25, 0.3) is 0 Å². The summed E-state index contributed by atoms with van der Waals surface area (Å²) in [6, 6.07) is 12.0. The van der Waals surface area contributed by atoms with Crippen molar-refractivity contribution in [1.29, 1.82) is 0 Å². The lowest BCUT2D eigenvalue weighted by Gasteiger charge is -2.18. The molecular weight excluding hydrogens is 344 g/mol. The lowest BCUT2D eigenvalue weighted by molar-refractivity contribution is -0.0498. The van der Waals surface area contributed by atoms with Crippen LogP contribution in [0.15, 0.2) is 51.9 Å². The normalized spacial score (nSPS) is 13.4. The molecular formula is C15H10BrF2NO2. The van der Waals surface area contributed by atoms with Gasteiger partial charge in [-0.1, -0.05) is 18.2 Å². The van der Waals surface area contributed by atoms with Gasteiger partial charge in [0, 0.05) is 5.56 Å². The quantitative estimate of drug-likeness (QED) is 0.809. The molecule has 0 aliphatic carbocycles. The van der Waals surface area contributed by atoms with Crippen LogP contribution in [0.4, 0.5) is 14.5 Å². The van der Waals surface area contributed by atoms with Crippen LogP contribution in [0.2, 0.25) is 0 Å². The van der Waals surface area contributed by atoms with Crippen LogP contribution >= 0.6 is 15.9 Å². The molecule has 2 aromatic rings. The van der Waals surface area contributed by atoms with Gasteiger partial charge in [0.05, 0.1) is 10.2 Å². The third kappa shape index (κ3) is 3.05. The Kier molecular flexibility index (Phi) is 3.88. The highest BCUT2D eigenvalue weighted by Crippen LogP contribution is 2.38. The van der Waals surface area contributed by atoms with Crippen LogP contribution in [0.1, 0.15) is 5.56 Å². The van der Waals surface area contributed by atoms with E-state index in [4.69, 9.17) is 4.74 Å². The molecule has 0 amide bonds. The largest absolute Gasteiger partial charge is 0.484 e. The Morgan fingerprint density at radius 3 is 2.81 bits per heavy atom. The number of hydrogen-bond acceptors (Lipinski definition) is 3. The average Bonchev–Trinajstić information content (AvgIpc) is 2.47. The summed E-state index contributed by atoms with van der Waals surface area (Å²) in [5, 5.41) is 0. The van der Waals surface area contributed by atoms with E-state index < -0.39 is 6.61 Å². The van der Waals surface area contributed by atoms with Gasteiger partial charge in [-0.15, -0.1) is 0 Å². The minimum Gasteiger partial charge on any atom is -0.484 e. The van der Waals surface area contributed by atoms with Crippen LogP contribution in [-0.4, -0.2) is 18.9 Å². The summed E-state index contributed by atoms with van der Waals surface area (Å²) in [7, 11) is 0. The van der Waals surface area contributed by atoms with Crippen molar-refractivity contribution >= 4 is 27.3 Å². The Morgan fingerprint density at radius 2 is 2.00 bits per heavy atom. The maximum Gasteiger partial charge on any atom is 0.387 e. The summed E-state index contributed by atoms with van der Waals surface area (Å²) in [6.07, 6.45) is 0. The first-order valence-electron chi connectivity index (χ1n) is 6.17. The van der Waals surface area contributed by atoms with Gasteiger partial charge in [0.2, 0.25) is 0 Å². The molecule has 6 heteroatoms. The van der Waals surface area contributed by atoms with Crippen LogP contribution in [0.3, 0.4) is 0 Å². The molecule has 0 spiro atoms. The molecule has 0 aromatic heterocycles. The number of nitrogens with zero attached hydrogens (tertiary/aromatic N) is 1. The highest BCUT2D eigenvalue weighted by Gasteiger charge is 2.17. The van der Waals surface area contributed by atoms with Gasteiger partial charge < -0.3 is 9.47 Å². The first-order valence-corrected chi connectivity index (χ1v) is 6.97. The summed E-state index contributed by atoms with van der Waals surface area (Å²) in [5.41, 5.74) is 2.06. The molecule has 1 heterocycles. The molecule has 21 heavy (non-hydrogen) atoms. The fraction of sp³-hybridized carbons (Fsp3) is 0.133. The molecule has 0 N–H and O–H groups in total. The Balaban J connectivity index is 1.95. The van der Waals surface area contributed by atoms with Crippen LogP contribution in [-0.2, 0) is 0 Å². The molecule has 0 unspecified atom stereocenters. The number of alkyl halides is 2. The number of fused-ring (bicyclic) bond motifs is 1. The van der Waals surface area contributed by atoms with Crippen molar-refractivity contribution in [3.05, 3.63) is 52.5 Å². The van der Waals surface area contributed by atoms with Gasteiger partial charge in [-0.05, 0) is 40.2 Å². The monoisotopic (exact) mass is 353 g/mol. The van der Waals surface area contributed by atoms with Gasteiger partial charge in [-0.3, -0.25) is 0 Å². The molecule has 3 nitrogen and oxygen atoms in total. The zero-order valence-electron chi connectivity index (χ0n) is 10.7. The first kappa shape index (κ1) is 14.0. The van der Waals surface area contributed by atoms with E-state index in [2.05, 4.69) is 25.7 Å². The SMILES string of the molecule is FC(F)Oc1cccc(C2=Nc3cccc(Br)c3OC2)c1. The molecule has 1 aliphatic heterocycles. The predicted octanol–water partition coefficient (Wildman–Crippen LogP) is 4.56. The third-order valence-electron chi connectivity index (χ3n) is 2.95. The molecule has 0 radical (unpaired) electrons. The topological polar surface area (TPSA) is 30.8 Å². The highest BCUT2D eigenvalue weighted by atomic mass is 79.9. The minimum atomic E-state index is -2.85. The van der Waals surface area contributed by atoms with Crippen molar-refractivity contribution in [3.63, 3.8) is 0 Å². The number of halogens is 3. The van der Waals surface area contributed by atoms with Gasteiger partial charge in [-0.2, -0.15) is 8.78 Å². The van der Waals surface area contributed by atoms with E-state index in [9.17, 15) is 8.78 Å². The van der Waals surface area contributed by atoms with E-state index in [0.717, 1.165) is 4.47 Å². The molecule has 2 aromatic carbocycles. The van der Waals surface area contributed by atoms with Crippen LogP contribution in [0.5, 0.6) is 11.5 Å². The fourth-order valence-electron chi connectivity index (χ4n) is 2.05. The fourth-order valence-corrected chi connectivity index (χ4v) is 2.52. The van der Waals surface area contributed by atoms with Crippen molar-refractivity contribution in [1.82, 2.24) is 0 Å². The summed E-state index contributed by atoms with van der Waals surface area (Å²) in [5.74, 6) is 0.784. The van der Waals surface area contributed by atoms with E-state index >= 15 is 0 Å². The molecule has 0 saturated heterocycles. The van der Waals surface area contributed by atoms with Crippen LogP contribution in [0.25, 0.3) is 0 Å². The zero-order valence-corrected chi connectivity index (χ0v) is 12.3. The summed E-state index contributed by atoms with van der Waals surface area (Å²) >= 11 is 3.40. The number of aliphatic imine (C=N–C) groups is 1. The number of hydrogen-bond donors (Lipinski definition) is 0. The van der Waals surface area contributed by atoms with Crippen molar-refractivity contribution in [2.75, 3.05) is 6.61 Å². The van der Waals surface area contributed by atoms with Gasteiger partial charge in [0.15, 0.2) is 5.75 Å². The maximum absolute atomic E-state index is 12.3. The van der Waals surface area contributed by atoms with Crippen molar-refractivity contribution in [3.8, 4) is 11.5 Å². The van der Waals surface area contributed by atoms with Gasteiger partial charge in [0.1, 0.15) is 18.0 Å². The highest BCUT2D eigenvalue weighted by molar-refractivity contribution is 9.10. The van der Waals surface area contributed by atoms with Crippen molar-refractivity contribution in [2.24, 2.45) is 4.99 Å². The van der Waals surface area contributed by atoms with E-state index in [1.807, 2.05) is 18.2 Å². The van der Waals surface area contributed by atoms with E-state index in [1.165, 1.54) is 12.1 Å². The summed E-state index contributed by atoms with van der Waals surface area (Å²) in [6.45, 7) is -2.57. The Bertz CT molecular complexity index is 704. The number of benzene rings is 2. The zero-order chi connectivity index (χ0) is 14.8. The number of ether oxygens (including phenoxy) is 2. The smallest absolute Gasteiger partial charge is 0.387 e. The summed E-state index contributed by atoms with van der Waals surface area (Å²) < 4.78 is 35.4. The van der Waals surface area contributed by atoms with Crippen molar-refractivity contribution < 1.29 is 18.3 Å². The molecule has 0 fully saturated rings. The van der Waals surface area contributed by atoms with Gasteiger partial charge in [-0.25, -0.2) is 4.99 Å². The average molecular weight is 354 g/mol. The lowest BCUT2D eigenvalue weighted by atomic mass is 10.1. The van der Waals surface area contributed by atoms with E-state index in [1.54, 1.807) is 12.1 Å². The Hall–Kier alpha value is -1.95. The molecule has 3 rings (SSSR count). The second-order valence-corrected chi connectivity index (χ2v) is 5.20. The Morgan fingerprint density at radius 1 is 1.19 bits per heavy atom. The Labute approximate surface area is 128 Å². The first-order chi connectivity index (χ1) is 10.1. The molecule has 0 bridgehead atoms. The number of rotatable bonds is 3. The summed E-state index contributed by atoms with van der Waals surface area (Å²) in [4.78, 5) is 4.52. The molecule has 0 atom stereocenters. The minimum absolute atomic E-state index is 0.102. The predicted molar refractivity (Wildman–Crippen MR) is 78.9 cm³/mol. The standard InChI is InChI=1S/C15H10BrF2NO2/c16-11-5-2-6-12-14(11)20-8-13(19-12)9-3-1-4-10(7-9)21-15(17)18/h1-7,15H,8H2. The second kappa shape index (κ2) is 5.81. The van der Waals surface area contributed by atoms with E-state index in [0.29, 0.717) is 22.7 Å². The maximum atomic E-state index is 12.3. The van der Waals surface area contributed by atoms with Crippen molar-refractivity contribution in [2.45, 2.75) is 6.61 Å². The second-order valence-electron chi connectivity index (χ2n) is 4.34. The molecule has 0 saturated carbocycles.